The largest absolute Gasteiger partial charge is 0.466 e. The number of carbonyl (C=O) groups is 1. The lowest BCUT2D eigenvalue weighted by molar-refractivity contribution is -0.149. The second-order valence-corrected chi connectivity index (χ2v) is 4.82. The molecule has 1 N–H and O–H groups in total. The fourth-order valence-corrected chi connectivity index (χ4v) is 2.57. The Morgan fingerprint density at radius 2 is 2.11 bits per heavy atom. The summed E-state index contributed by atoms with van der Waals surface area (Å²) in [6, 6.07) is 10.6. The molecule has 2 unspecified atom stereocenters. The van der Waals surface area contributed by atoms with Crippen molar-refractivity contribution in [2.75, 3.05) is 11.9 Å². The lowest BCUT2D eigenvalue weighted by atomic mass is 9.85. The monoisotopic (exact) mass is 247 g/mol. The van der Waals surface area contributed by atoms with Crippen molar-refractivity contribution in [2.24, 2.45) is 5.92 Å². The Morgan fingerprint density at radius 3 is 2.83 bits per heavy atom. The van der Waals surface area contributed by atoms with E-state index in [2.05, 4.69) is 17.4 Å². The fraction of sp³-hybridized carbons (Fsp3) is 0.533. The highest BCUT2D eigenvalue weighted by Crippen LogP contribution is 2.27. The minimum Gasteiger partial charge on any atom is -0.466 e. The summed E-state index contributed by atoms with van der Waals surface area (Å²) in [7, 11) is 0. The molecule has 0 aliphatic heterocycles. The van der Waals surface area contributed by atoms with Crippen LogP contribution in [0.25, 0.3) is 0 Å². The maximum Gasteiger partial charge on any atom is 0.308 e. The van der Waals surface area contributed by atoms with Crippen LogP contribution in [0.4, 0.5) is 5.69 Å². The second kappa shape index (κ2) is 6.43. The van der Waals surface area contributed by atoms with Crippen LogP contribution in [-0.2, 0) is 9.53 Å². The van der Waals surface area contributed by atoms with E-state index in [1.165, 1.54) is 0 Å². The fourth-order valence-electron chi connectivity index (χ4n) is 2.57. The molecule has 98 valence electrons. The Morgan fingerprint density at radius 1 is 1.33 bits per heavy atom. The molecule has 0 bridgehead atoms. The van der Waals surface area contributed by atoms with Crippen molar-refractivity contribution in [3.8, 4) is 0 Å². The quantitative estimate of drug-likeness (QED) is 0.830. The Hall–Kier alpha value is -1.51. The first-order chi connectivity index (χ1) is 8.79. The standard InChI is InChI=1S/C15H21NO2/c1-2-18-15(17)12-7-6-10-14(11-12)16-13-8-4-3-5-9-13/h3-5,8-9,12,14,16H,2,6-7,10-11H2,1H3. The van der Waals surface area contributed by atoms with Gasteiger partial charge in [0.2, 0.25) is 0 Å². The molecule has 1 aromatic carbocycles. The number of hydrogen-bond donors (Lipinski definition) is 1. The van der Waals surface area contributed by atoms with Gasteiger partial charge in [0, 0.05) is 11.7 Å². The number of carbonyl (C=O) groups excluding carboxylic acids is 1. The average molecular weight is 247 g/mol. The van der Waals surface area contributed by atoms with E-state index >= 15 is 0 Å². The van der Waals surface area contributed by atoms with Gasteiger partial charge < -0.3 is 10.1 Å². The van der Waals surface area contributed by atoms with Crippen molar-refractivity contribution in [3.63, 3.8) is 0 Å². The molecule has 0 amide bonds. The van der Waals surface area contributed by atoms with Gasteiger partial charge in [-0.1, -0.05) is 24.6 Å². The molecule has 3 heteroatoms. The van der Waals surface area contributed by atoms with Crippen LogP contribution in [0.15, 0.2) is 30.3 Å². The van der Waals surface area contributed by atoms with E-state index in [0.717, 1.165) is 31.4 Å². The second-order valence-electron chi connectivity index (χ2n) is 4.82. The van der Waals surface area contributed by atoms with Gasteiger partial charge in [0.05, 0.1) is 12.5 Å². The van der Waals surface area contributed by atoms with Crippen molar-refractivity contribution in [1.29, 1.82) is 0 Å². The summed E-state index contributed by atoms with van der Waals surface area (Å²) < 4.78 is 5.11. The lowest BCUT2D eigenvalue weighted by Crippen LogP contribution is -2.32. The van der Waals surface area contributed by atoms with Crippen LogP contribution in [0, 0.1) is 5.92 Å². The summed E-state index contributed by atoms with van der Waals surface area (Å²) in [5, 5.41) is 3.50. The van der Waals surface area contributed by atoms with E-state index in [4.69, 9.17) is 4.74 Å². The van der Waals surface area contributed by atoms with Gasteiger partial charge in [0.1, 0.15) is 0 Å². The maximum absolute atomic E-state index is 11.7. The van der Waals surface area contributed by atoms with Gasteiger partial charge in [0.25, 0.3) is 0 Å². The zero-order valence-corrected chi connectivity index (χ0v) is 10.9. The smallest absolute Gasteiger partial charge is 0.308 e. The third-order valence-electron chi connectivity index (χ3n) is 3.44. The summed E-state index contributed by atoms with van der Waals surface area (Å²) in [6.45, 7) is 2.34. The Labute approximate surface area is 109 Å². The number of ether oxygens (including phenoxy) is 1. The first-order valence-corrected chi connectivity index (χ1v) is 6.78. The molecule has 2 rings (SSSR count). The van der Waals surface area contributed by atoms with E-state index in [1.807, 2.05) is 25.1 Å². The molecule has 1 aromatic rings. The van der Waals surface area contributed by atoms with Gasteiger partial charge in [-0.15, -0.1) is 0 Å². The van der Waals surface area contributed by atoms with Gasteiger partial charge >= 0.3 is 5.97 Å². The molecule has 18 heavy (non-hydrogen) atoms. The molecule has 1 saturated carbocycles. The highest BCUT2D eigenvalue weighted by Gasteiger charge is 2.27. The van der Waals surface area contributed by atoms with E-state index in [1.54, 1.807) is 0 Å². The van der Waals surface area contributed by atoms with Crippen LogP contribution in [-0.4, -0.2) is 18.6 Å². The first kappa shape index (κ1) is 12.9. The van der Waals surface area contributed by atoms with E-state index in [9.17, 15) is 4.79 Å². The van der Waals surface area contributed by atoms with Crippen LogP contribution in [0.1, 0.15) is 32.6 Å². The number of benzene rings is 1. The lowest BCUT2D eigenvalue weighted by Gasteiger charge is -2.29. The number of esters is 1. The summed E-state index contributed by atoms with van der Waals surface area (Å²) in [5.74, 6) is 0.0389. The number of rotatable bonds is 4. The van der Waals surface area contributed by atoms with Crippen LogP contribution in [0.5, 0.6) is 0 Å². The topological polar surface area (TPSA) is 38.3 Å². The third kappa shape index (κ3) is 3.49. The normalized spacial score (nSPS) is 23.4. The van der Waals surface area contributed by atoms with Gasteiger partial charge in [-0.25, -0.2) is 0 Å². The molecule has 0 aromatic heterocycles. The van der Waals surface area contributed by atoms with E-state index in [-0.39, 0.29) is 11.9 Å². The maximum atomic E-state index is 11.7. The number of para-hydroxylation sites is 1. The average Bonchev–Trinajstić information content (AvgIpc) is 2.40. The van der Waals surface area contributed by atoms with Gasteiger partial charge in [-0.2, -0.15) is 0 Å². The van der Waals surface area contributed by atoms with Crippen LogP contribution >= 0.6 is 0 Å². The zero-order chi connectivity index (χ0) is 12.8. The van der Waals surface area contributed by atoms with Crippen molar-refractivity contribution < 1.29 is 9.53 Å². The Bertz CT molecular complexity index is 377. The molecule has 1 aliphatic rings. The predicted octanol–water partition coefficient (Wildman–Crippen LogP) is 3.22. The minimum atomic E-state index is -0.0305. The SMILES string of the molecule is CCOC(=O)C1CCCC(Nc2ccccc2)C1. The molecule has 1 fully saturated rings. The first-order valence-electron chi connectivity index (χ1n) is 6.78. The van der Waals surface area contributed by atoms with Crippen LogP contribution in [0.2, 0.25) is 0 Å². The van der Waals surface area contributed by atoms with Crippen LogP contribution < -0.4 is 5.32 Å². The van der Waals surface area contributed by atoms with E-state index in [0.29, 0.717) is 12.6 Å². The molecular weight excluding hydrogens is 226 g/mol. The van der Waals surface area contributed by atoms with Crippen molar-refractivity contribution >= 4 is 11.7 Å². The van der Waals surface area contributed by atoms with Gasteiger partial charge in [0.15, 0.2) is 0 Å². The highest BCUT2D eigenvalue weighted by atomic mass is 16.5. The molecular formula is C15H21NO2. The van der Waals surface area contributed by atoms with Gasteiger partial charge in [-0.3, -0.25) is 4.79 Å². The molecule has 0 heterocycles. The van der Waals surface area contributed by atoms with Crippen molar-refractivity contribution in [3.05, 3.63) is 30.3 Å². The summed E-state index contributed by atoms with van der Waals surface area (Å²) in [6.07, 6.45) is 4.07. The summed E-state index contributed by atoms with van der Waals surface area (Å²) >= 11 is 0. The molecule has 1 aliphatic carbocycles. The third-order valence-corrected chi connectivity index (χ3v) is 3.44. The summed E-state index contributed by atoms with van der Waals surface area (Å²) in [4.78, 5) is 11.7. The predicted molar refractivity (Wildman–Crippen MR) is 72.4 cm³/mol. The summed E-state index contributed by atoms with van der Waals surface area (Å²) in [5.41, 5.74) is 1.13. The number of nitrogens with one attached hydrogen (secondary N) is 1. The van der Waals surface area contributed by atoms with Crippen molar-refractivity contribution in [1.82, 2.24) is 0 Å². The molecule has 0 radical (unpaired) electrons. The minimum absolute atomic E-state index is 0.0305. The zero-order valence-electron chi connectivity index (χ0n) is 10.9. The molecule has 0 saturated heterocycles. The van der Waals surface area contributed by atoms with Crippen LogP contribution in [0.3, 0.4) is 0 Å². The molecule has 0 spiro atoms. The van der Waals surface area contributed by atoms with E-state index < -0.39 is 0 Å². The number of hydrogen-bond acceptors (Lipinski definition) is 3. The molecule has 3 nitrogen and oxygen atoms in total. The van der Waals surface area contributed by atoms with Gasteiger partial charge in [-0.05, 0) is 38.3 Å². The Kier molecular flexibility index (Phi) is 4.62. The Balaban J connectivity index is 1.89. The number of anilines is 1. The molecule has 2 atom stereocenters. The highest BCUT2D eigenvalue weighted by molar-refractivity contribution is 5.72. The van der Waals surface area contributed by atoms with Crippen molar-refractivity contribution in [2.45, 2.75) is 38.6 Å².